The van der Waals surface area contributed by atoms with Crippen molar-refractivity contribution in [3.8, 4) is 0 Å². The lowest BCUT2D eigenvalue weighted by Crippen LogP contribution is -2.21. The summed E-state index contributed by atoms with van der Waals surface area (Å²) in [6, 6.07) is 0. The van der Waals surface area contributed by atoms with Crippen LogP contribution in [0.5, 0.6) is 0 Å². The quantitative estimate of drug-likeness (QED) is 0.751. The monoisotopic (exact) mass is 227 g/mol. The Kier molecular flexibility index (Phi) is 10.1. The van der Waals surface area contributed by atoms with Gasteiger partial charge < -0.3 is 10.1 Å². The maximum absolute atomic E-state index is 10.6. The first kappa shape index (κ1) is 15.1. The van der Waals surface area contributed by atoms with Crippen LogP contribution in [0, 0.1) is 0 Å². The Morgan fingerprint density at radius 2 is 2.00 bits per heavy atom. The summed E-state index contributed by atoms with van der Waals surface area (Å²) in [5.41, 5.74) is 0. The second-order valence-corrected chi connectivity index (χ2v) is 4.32. The van der Waals surface area contributed by atoms with Gasteiger partial charge in [0.05, 0.1) is 0 Å². The fourth-order valence-electron chi connectivity index (χ4n) is 1.53. The molecule has 0 bridgehead atoms. The van der Waals surface area contributed by atoms with Crippen LogP contribution in [-0.4, -0.2) is 18.2 Å². The van der Waals surface area contributed by atoms with Crippen molar-refractivity contribution >= 4 is 11.7 Å². The van der Waals surface area contributed by atoms with Gasteiger partial charge in [0.25, 0.3) is 0 Å². The molecule has 0 spiro atoms. The summed E-state index contributed by atoms with van der Waals surface area (Å²) in [6.45, 7) is 4.68. The van der Waals surface area contributed by atoms with Crippen LogP contribution in [0.1, 0.15) is 65.2 Å². The topological polar surface area (TPSA) is 46.2 Å². The maximum Gasteiger partial charge on any atom is 0.219 e. The van der Waals surface area contributed by atoms with E-state index in [9.17, 15) is 9.59 Å². The molecule has 0 atom stereocenters. The molecule has 1 amide bonds. The van der Waals surface area contributed by atoms with Gasteiger partial charge in [-0.1, -0.05) is 26.2 Å². The molecule has 1 aliphatic rings. The second kappa shape index (κ2) is 10.7. The Bertz CT molecular complexity index is 192. The average molecular weight is 227 g/mol. The second-order valence-electron chi connectivity index (χ2n) is 4.32. The van der Waals surface area contributed by atoms with Crippen LogP contribution < -0.4 is 5.32 Å². The minimum atomic E-state index is 0.225. The van der Waals surface area contributed by atoms with Crippen molar-refractivity contribution in [2.24, 2.45) is 0 Å². The molecule has 0 aliphatic carbocycles. The Balaban J connectivity index is 0.000000281. The Hall–Kier alpha value is -0.860. The molecule has 3 nitrogen and oxygen atoms in total. The first-order chi connectivity index (χ1) is 7.66. The molecule has 0 aromatic carbocycles. The molecule has 94 valence electrons. The zero-order chi connectivity index (χ0) is 12.2. The Morgan fingerprint density at radius 1 is 1.25 bits per heavy atom. The van der Waals surface area contributed by atoms with Gasteiger partial charge in [0.1, 0.15) is 5.78 Å². The number of Topliss-reactive ketones (excluding diaryl/α,β-unsaturated/α-hetero) is 1. The van der Waals surface area contributed by atoms with Gasteiger partial charge in [0, 0.05) is 19.4 Å². The zero-order valence-corrected chi connectivity index (χ0v) is 10.7. The summed E-state index contributed by atoms with van der Waals surface area (Å²) < 4.78 is 0. The van der Waals surface area contributed by atoms with Crippen molar-refractivity contribution < 1.29 is 9.59 Å². The van der Waals surface area contributed by atoms with Crippen LogP contribution >= 0.6 is 0 Å². The third-order valence-corrected chi connectivity index (χ3v) is 2.54. The lowest BCUT2D eigenvalue weighted by molar-refractivity contribution is -0.120. The number of amides is 1. The number of carbonyl (C=O) groups is 2. The van der Waals surface area contributed by atoms with Crippen LogP contribution in [-0.2, 0) is 9.59 Å². The molecular weight excluding hydrogens is 202 g/mol. The number of carbonyl (C=O) groups excluding carboxylic acids is 2. The van der Waals surface area contributed by atoms with Crippen molar-refractivity contribution in [1.29, 1.82) is 0 Å². The molecule has 1 N–H and O–H groups in total. The number of unbranched alkanes of at least 4 members (excludes halogenated alkanes) is 2. The van der Waals surface area contributed by atoms with Gasteiger partial charge in [-0.15, -0.1) is 0 Å². The van der Waals surface area contributed by atoms with Crippen molar-refractivity contribution in [1.82, 2.24) is 5.32 Å². The van der Waals surface area contributed by atoms with Crippen LogP contribution in [0.2, 0.25) is 0 Å². The molecule has 3 heteroatoms. The van der Waals surface area contributed by atoms with Crippen LogP contribution in [0.3, 0.4) is 0 Å². The van der Waals surface area contributed by atoms with E-state index < -0.39 is 0 Å². The van der Waals surface area contributed by atoms with E-state index in [0.717, 1.165) is 38.6 Å². The molecule has 1 saturated heterocycles. The van der Waals surface area contributed by atoms with Gasteiger partial charge in [-0.25, -0.2) is 0 Å². The maximum atomic E-state index is 10.6. The van der Waals surface area contributed by atoms with E-state index in [1.54, 1.807) is 6.92 Å². The summed E-state index contributed by atoms with van der Waals surface area (Å²) in [6.07, 6.45) is 8.42. The first-order valence-electron chi connectivity index (χ1n) is 6.43. The van der Waals surface area contributed by atoms with Gasteiger partial charge in [-0.3, -0.25) is 4.79 Å². The number of rotatable bonds is 4. The number of hydrogen-bond acceptors (Lipinski definition) is 2. The predicted molar refractivity (Wildman–Crippen MR) is 66.3 cm³/mol. The molecule has 1 fully saturated rings. The van der Waals surface area contributed by atoms with Gasteiger partial charge in [-0.05, 0) is 26.2 Å². The summed E-state index contributed by atoms with van der Waals surface area (Å²) in [4.78, 5) is 20.9. The molecule has 1 aliphatic heterocycles. The largest absolute Gasteiger partial charge is 0.356 e. The van der Waals surface area contributed by atoms with Gasteiger partial charge in [0.2, 0.25) is 5.91 Å². The van der Waals surface area contributed by atoms with Crippen molar-refractivity contribution in [2.75, 3.05) is 6.54 Å². The summed E-state index contributed by atoms with van der Waals surface area (Å²) >= 11 is 0. The van der Waals surface area contributed by atoms with E-state index in [4.69, 9.17) is 0 Å². The van der Waals surface area contributed by atoms with Crippen LogP contribution in [0.25, 0.3) is 0 Å². The molecule has 1 rings (SSSR count). The third kappa shape index (κ3) is 11.2. The third-order valence-electron chi connectivity index (χ3n) is 2.54. The van der Waals surface area contributed by atoms with E-state index in [-0.39, 0.29) is 5.91 Å². The number of hydrogen-bond donors (Lipinski definition) is 1. The summed E-state index contributed by atoms with van der Waals surface area (Å²) in [7, 11) is 0. The van der Waals surface area contributed by atoms with E-state index in [2.05, 4.69) is 12.2 Å². The molecule has 0 saturated carbocycles. The minimum Gasteiger partial charge on any atom is -0.356 e. The van der Waals surface area contributed by atoms with Crippen LogP contribution in [0.4, 0.5) is 0 Å². The van der Waals surface area contributed by atoms with Crippen molar-refractivity contribution in [3.05, 3.63) is 0 Å². The predicted octanol–water partition coefficient (Wildman–Crippen LogP) is 2.83. The molecule has 0 aromatic heterocycles. The molecular formula is C13H25NO2. The first-order valence-corrected chi connectivity index (χ1v) is 6.43. The van der Waals surface area contributed by atoms with Crippen molar-refractivity contribution in [2.45, 2.75) is 65.2 Å². The highest BCUT2D eigenvalue weighted by atomic mass is 16.1. The highest BCUT2D eigenvalue weighted by Crippen LogP contribution is 2.02. The lowest BCUT2D eigenvalue weighted by atomic mass is 10.2. The van der Waals surface area contributed by atoms with E-state index >= 15 is 0 Å². The molecule has 0 radical (unpaired) electrons. The Morgan fingerprint density at radius 3 is 2.62 bits per heavy atom. The average Bonchev–Trinajstić information content (AvgIpc) is 2.47. The lowest BCUT2D eigenvalue weighted by Gasteiger charge is -1.93. The minimum absolute atomic E-state index is 0.225. The number of nitrogens with one attached hydrogen (secondary N) is 1. The van der Waals surface area contributed by atoms with E-state index in [1.807, 2.05) is 0 Å². The molecule has 1 heterocycles. The highest BCUT2D eigenvalue weighted by Gasteiger charge is 2.03. The zero-order valence-electron chi connectivity index (χ0n) is 10.7. The summed E-state index contributed by atoms with van der Waals surface area (Å²) in [5.74, 6) is 0.543. The molecule has 0 unspecified atom stereocenters. The molecule has 0 aromatic rings. The van der Waals surface area contributed by atoms with E-state index in [1.165, 1.54) is 19.3 Å². The van der Waals surface area contributed by atoms with Gasteiger partial charge in [-0.2, -0.15) is 0 Å². The number of ketones is 1. The van der Waals surface area contributed by atoms with Crippen LogP contribution in [0.15, 0.2) is 0 Å². The standard InChI is InChI=1S/C7H14O.C6H11NO/c1-3-4-5-6-7(2)8;8-6-4-2-1-3-5-7-6/h3-6H2,1-2H3;1-5H2,(H,7,8). The summed E-state index contributed by atoms with van der Waals surface area (Å²) in [5, 5.41) is 2.81. The highest BCUT2D eigenvalue weighted by molar-refractivity contribution is 5.76. The van der Waals surface area contributed by atoms with Gasteiger partial charge in [0.15, 0.2) is 0 Å². The SMILES string of the molecule is CCCCCC(C)=O.O=C1CCCCCN1. The fourth-order valence-corrected chi connectivity index (χ4v) is 1.53. The normalized spacial score (nSPS) is 15.5. The van der Waals surface area contributed by atoms with Crippen molar-refractivity contribution in [3.63, 3.8) is 0 Å². The van der Waals surface area contributed by atoms with Gasteiger partial charge >= 0.3 is 0 Å². The Labute approximate surface area is 99.0 Å². The molecule has 16 heavy (non-hydrogen) atoms. The smallest absolute Gasteiger partial charge is 0.219 e. The fraction of sp³-hybridized carbons (Fsp3) is 0.846. The van der Waals surface area contributed by atoms with E-state index in [0.29, 0.717) is 5.78 Å².